The lowest BCUT2D eigenvalue weighted by molar-refractivity contribution is -0.122. The molecule has 178 valence electrons. The third-order valence-corrected chi connectivity index (χ3v) is 5.77. The van der Waals surface area contributed by atoms with Gasteiger partial charge in [-0.3, -0.25) is 19.8 Å². The van der Waals surface area contributed by atoms with E-state index in [1.54, 1.807) is 42.5 Å². The smallest absolute Gasteiger partial charge is 0.270 e. The molecule has 0 aliphatic carbocycles. The first-order chi connectivity index (χ1) is 16.9. The van der Waals surface area contributed by atoms with Crippen molar-refractivity contribution in [3.8, 4) is 11.5 Å². The molecule has 0 unspecified atom stereocenters. The topological polar surface area (TPSA) is 67.9 Å². The standard InChI is InChI=1S/C27H23FN2O4S/c1-3-17-7-10-21(11-8-17)30-26(32)22(25(31)29-27(30)35)14-18-9-12-23(24(15-18)33-2)34-16-19-5-4-6-20(28)13-19/h4-15H,3,16H2,1-2H3,(H,29,31,35)/b22-14+. The van der Waals surface area contributed by atoms with E-state index in [0.717, 1.165) is 12.0 Å². The van der Waals surface area contributed by atoms with Gasteiger partial charge in [-0.1, -0.05) is 37.3 Å². The summed E-state index contributed by atoms with van der Waals surface area (Å²) in [5.74, 6) is -0.593. The van der Waals surface area contributed by atoms with E-state index >= 15 is 0 Å². The number of thiocarbonyl (C=S) groups is 1. The third-order valence-electron chi connectivity index (χ3n) is 5.49. The molecule has 3 aromatic carbocycles. The zero-order valence-electron chi connectivity index (χ0n) is 19.2. The van der Waals surface area contributed by atoms with Crippen LogP contribution in [0.15, 0.2) is 72.3 Å². The van der Waals surface area contributed by atoms with E-state index in [-0.39, 0.29) is 23.1 Å². The predicted molar refractivity (Wildman–Crippen MR) is 136 cm³/mol. The van der Waals surface area contributed by atoms with Crippen LogP contribution in [-0.2, 0) is 22.6 Å². The first-order valence-electron chi connectivity index (χ1n) is 10.9. The first-order valence-corrected chi connectivity index (χ1v) is 11.4. The molecule has 1 saturated heterocycles. The normalized spacial score (nSPS) is 14.8. The second-order valence-electron chi connectivity index (χ2n) is 7.81. The van der Waals surface area contributed by atoms with Crippen LogP contribution in [0, 0.1) is 5.82 Å². The van der Waals surface area contributed by atoms with Gasteiger partial charge in [0.2, 0.25) is 0 Å². The summed E-state index contributed by atoms with van der Waals surface area (Å²) in [7, 11) is 1.49. The molecule has 35 heavy (non-hydrogen) atoms. The largest absolute Gasteiger partial charge is 0.493 e. The molecular formula is C27H23FN2O4S. The second kappa shape index (κ2) is 10.5. The first kappa shape index (κ1) is 24.1. The molecule has 2 amide bonds. The fraction of sp³-hybridized carbons (Fsp3) is 0.148. The molecule has 1 aliphatic heterocycles. The number of rotatable bonds is 7. The van der Waals surface area contributed by atoms with Gasteiger partial charge in [-0.05, 0) is 77.8 Å². The van der Waals surface area contributed by atoms with Crippen molar-refractivity contribution in [1.29, 1.82) is 0 Å². The highest BCUT2D eigenvalue weighted by Gasteiger charge is 2.34. The Morgan fingerprint density at radius 3 is 2.46 bits per heavy atom. The maximum absolute atomic E-state index is 13.4. The SMILES string of the molecule is CCc1ccc(N2C(=O)/C(=C/c3ccc(OCc4cccc(F)c4)c(OC)c3)C(=O)NC2=S)cc1. The van der Waals surface area contributed by atoms with E-state index in [0.29, 0.717) is 28.3 Å². The molecular weight excluding hydrogens is 467 g/mol. The maximum atomic E-state index is 13.4. The van der Waals surface area contributed by atoms with Crippen LogP contribution in [0.25, 0.3) is 6.08 Å². The van der Waals surface area contributed by atoms with Gasteiger partial charge in [0.25, 0.3) is 11.8 Å². The average Bonchev–Trinajstić information content (AvgIpc) is 2.86. The Bertz CT molecular complexity index is 1320. The van der Waals surface area contributed by atoms with Gasteiger partial charge in [-0.2, -0.15) is 0 Å². The summed E-state index contributed by atoms with van der Waals surface area (Å²) in [6, 6.07) is 18.6. The van der Waals surface area contributed by atoms with Crippen LogP contribution >= 0.6 is 12.2 Å². The minimum Gasteiger partial charge on any atom is -0.493 e. The van der Waals surface area contributed by atoms with Crippen molar-refractivity contribution in [3.63, 3.8) is 0 Å². The number of benzene rings is 3. The summed E-state index contributed by atoms with van der Waals surface area (Å²) >= 11 is 5.26. The van der Waals surface area contributed by atoms with Crippen LogP contribution in [0.1, 0.15) is 23.6 Å². The molecule has 0 atom stereocenters. The molecule has 0 radical (unpaired) electrons. The lowest BCUT2D eigenvalue weighted by Gasteiger charge is -2.29. The fourth-order valence-corrected chi connectivity index (χ4v) is 3.90. The predicted octanol–water partition coefficient (Wildman–Crippen LogP) is 4.81. The summed E-state index contributed by atoms with van der Waals surface area (Å²) in [6.45, 7) is 2.19. The highest BCUT2D eigenvalue weighted by atomic mass is 32.1. The van der Waals surface area contributed by atoms with Gasteiger partial charge in [0, 0.05) is 0 Å². The fourth-order valence-electron chi connectivity index (χ4n) is 3.62. The number of nitrogens with one attached hydrogen (secondary N) is 1. The monoisotopic (exact) mass is 490 g/mol. The van der Waals surface area contributed by atoms with Crippen molar-refractivity contribution in [2.24, 2.45) is 0 Å². The lowest BCUT2D eigenvalue weighted by Crippen LogP contribution is -2.54. The summed E-state index contributed by atoms with van der Waals surface area (Å²) in [6.07, 6.45) is 2.34. The number of carbonyl (C=O) groups is 2. The van der Waals surface area contributed by atoms with Crippen molar-refractivity contribution < 1.29 is 23.5 Å². The molecule has 0 aromatic heterocycles. The number of methoxy groups -OCH3 is 1. The Kier molecular flexibility index (Phi) is 7.22. The Morgan fingerprint density at radius 1 is 1.00 bits per heavy atom. The summed E-state index contributed by atoms with van der Waals surface area (Å²) < 4.78 is 24.6. The summed E-state index contributed by atoms with van der Waals surface area (Å²) in [5.41, 5.74) is 2.87. The van der Waals surface area contributed by atoms with Gasteiger partial charge in [-0.25, -0.2) is 4.39 Å². The molecule has 3 aromatic rings. The van der Waals surface area contributed by atoms with Crippen LogP contribution < -0.4 is 19.7 Å². The molecule has 0 spiro atoms. The van der Waals surface area contributed by atoms with Crippen LogP contribution in [0.3, 0.4) is 0 Å². The summed E-state index contributed by atoms with van der Waals surface area (Å²) in [5, 5.41) is 2.61. The molecule has 4 rings (SSSR count). The van der Waals surface area contributed by atoms with E-state index in [2.05, 4.69) is 5.32 Å². The van der Waals surface area contributed by atoms with E-state index < -0.39 is 11.8 Å². The molecule has 0 saturated carbocycles. The van der Waals surface area contributed by atoms with Gasteiger partial charge >= 0.3 is 0 Å². The molecule has 6 nitrogen and oxygen atoms in total. The van der Waals surface area contributed by atoms with Crippen molar-refractivity contribution in [3.05, 3.63) is 94.8 Å². The maximum Gasteiger partial charge on any atom is 0.270 e. The number of hydrogen-bond acceptors (Lipinski definition) is 5. The van der Waals surface area contributed by atoms with Gasteiger partial charge < -0.3 is 9.47 Å². The van der Waals surface area contributed by atoms with Crippen LogP contribution in [0.5, 0.6) is 11.5 Å². The quantitative estimate of drug-likeness (QED) is 0.293. The van der Waals surface area contributed by atoms with Gasteiger partial charge in [0.1, 0.15) is 18.0 Å². The van der Waals surface area contributed by atoms with Gasteiger partial charge in [0.05, 0.1) is 12.8 Å². The van der Waals surface area contributed by atoms with E-state index in [4.69, 9.17) is 21.7 Å². The summed E-state index contributed by atoms with van der Waals surface area (Å²) in [4.78, 5) is 27.1. The van der Waals surface area contributed by atoms with Crippen molar-refractivity contribution in [2.45, 2.75) is 20.0 Å². The van der Waals surface area contributed by atoms with Crippen LogP contribution in [0.2, 0.25) is 0 Å². The average molecular weight is 491 g/mol. The molecule has 1 fully saturated rings. The second-order valence-corrected chi connectivity index (χ2v) is 8.19. The number of aryl methyl sites for hydroxylation is 1. The Balaban J connectivity index is 1.58. The van der Waals surface area contributed by atoms with Crippen molar-refractivity contribution in [2.75, 3.05) is 12.0 Å². The number of ether oxygens (including phenoxy) is 2. The third kappa shape index (κ3) is 5.38. The Morgan fingerprint density at radius 2 is 1.77 bits per heavy atom. The Hall–Kier alpha value is -4.04. The highest BCUT2D eigenvalue weighted by Crippen LogP contribution is 2.30. The molecule has 1 N–H and O–H groups in total. The van der Waals surface area contributed by atoms with Crippen molar-refractivity contribution in [1.82, 2.24) is 5.32 Å². The van der Waals surface area contributed by atoms with E-state index in [1.165, 1.54) is 30.2 Å². The van der Waals surface area contributed by atoms with E-state index in [1.807, 2.05) is 19.1 Å². The number of carbonyl (C=O) groups excluding carboxylic acids is 2. The number of nitrogens with zero attached hydrogens (tertiary/aromatic N) is 1. The highest BCUT2D eigenvalue weighted by molar-refractivity contribution is 7.80. The number of anilines is 1. The minimum absolute atomic E-state index is 0.0278. The molecule has 1 heterocycles. The van der Waals surface area contributed by atoms with Gasteiger partial charge in [-0.15, -0.1) is 0 Å². The number of hydrogen-bond donors (Lipinski definition) is 1. The zero-order valence-corrected chi connectivity index (χ0v) is 20.0. The minimum atomic E-state index is -0.577. The van der Waals surface area contributed by atoms with Crippen molar-refractivity contribution >= 4 is 40.9 Å². The van der Waals surface area contributed by atoms with Crippen LogP contribution in [0.4, 0.5) is 10.1 Å². The number of halogens is 1. The van der Waals surface area contributed by atoms with Gasteiger partial charge in [0.15, 0.2) is 16.6 Å². The zero-order chi connectivity index (χ0) is 24.9. The number of amides is 2. The molecule has 0 bridgehead atoms. The Labute approximate surface area is 208 Å². The molecule has 8 heteroatoms. The lowest BCUT2D eigenvalue weighted by atomic mass is 10.1. The van der Waals surface area contributed by atoms with E-state index in [9.17, 15) is 14.0 Å². The van der Waals surface area contributed by atoms with Crippen LogP contribution in [-0.4, -0.2) is 24.0 Å². The molecule has 1 aliphatic rings.